The summed E-state index contributed by atoms with van der Waals surface area (Å²) in [5.41, 5.74) is 2.52. The highest BCUT2D eigenvalue weighted by Gasteiger charge is 2.13. The number of rotatable bonds is 8. The first-order valence-corrected chi connectivity index (χ1v) is 7.63. The van der Waals surface area contributed by atoms with Gasteiger partial charge in [-0.1, -0.05) is 25.1 Å². The Morgan fingerprint density at radius 3 is 2.71 bits per heavy atom. The van der Waals surface area contributed by atoms with E-state index >= 15 is 0 Å². The van der Waals surface area contributed by atoms with Gasteiger partial charge >= 0.3 is 0 Å². The lowest BCUT2D eigenvalue weighted by Crippen LogP contribution is -2.33. The molecule has 21 heavy (non-hydrogen) atoms. The Bertz CT molecular complexity index is 550. The molecule has 0 aliphatic rings. The Hall–Kier alpha value is -1.81. The minimum absolute atomic E-state index is 0.390. The molecule has 4 nitrogen and oxygen atoms in total. The Balaban J connectivity index is 2.07. The molecule has 1 N–H and O–H groups in total. The molecule has 1 aromatic heterocycles. The average molecular weight is 287 g/mol. The lowest BCUT2D eigenvalue weighted by Gasteiger charge is -2.18. The smallest absolute Gasteiger partial charge is 0.122 e. The molecule has 0 aliphatic heterocycles. The maximum Gasteiger partial charge on any atom is 0.122 e. The van der Waals surface area contributed by atoms with E-state index < -0.39 is 0 Å². The molecule has 2 rings (SSSR count). The first-order valence-electron chi connectivity index (χ1n) is 7.63. The summed E-state index contributed by atoms with van der Waals surface area (Å²) < 4.78 is 7.43. The summed E-state index contributed by atoms with van der Waals surface area (Å²) in [6.07, 6.45) is 6.03. The maximum absolute atomic E-state index is 5.45. The topological polar surface area (TPSA) is 39.1 Å². The van der Waals surface area contributed by atoms with Gasteiger partial charge in [0.1, 0.15) is 5.75 Å². The second-order valence-corrected chi connectivity index (χ2v) is 5.18. The number of para-hydroxylation sites is 1. The van der Waals surface area contributed by atoms with Crippen LogP contribution < -0.4 is 10.1 Å². The zero-order valence-electron chi connectivity index (χ0n) is 13.2. The van der Waals surface area contributed by atoms with Crippen LogP contribution in [0.1, 0.15) is 25.0 Å². The summed E-state index contributed by atoms with van der Waals surface area (Å²) in [5, 5.41) is 7.92. The van der Waals surface area contributed by atoms with Crippen molar-refractivity contribution < 1.29 is 4.74 Å². The van der Waals surface area contributed by atoms with Crippen LogP contribution in [0.4, 0.5) is 0 Å². The number of likely N-dealkylation sites (N-methyl/N-ethyl adjacent to an activating group) is 1. The fourth-order valence-electron chi connectivity index (χ4n) is 2.61. The summed E-state index contributed by atoms with van der Waals surface area (Å²) in [6, 6.07) is 8.62. The first-order chi connectivity index (χ1) is 10.3. The Morgan fingerprint density at radius 1 is 1.24 bits per heavy atom. The monoisotopic (exact) mass is 287 g/mol. The van der Waals surface area contributed by atoms with E-state index in [9.17, 15) is 0 Å². The lowest BCUT2D eigenvalue weighted by atomic mass is 10.00. The zero-order chi connectivity index (χ0) is 15.1. The number of nitrogens with one attached hydrogen (secondary N) is 1. The van der Waals surface area contributed by atoms with Crippen LogP contribution in [0, 0.1) is 0 Å². The van der Waals surface area contributed by atoms with E-state index in [1.807, 2.05) is 23.0 Å². The third kappa shape index (κ3) is 4.33. The van der Waals surface area contributed by atoms with Crippen LogP contribution in [0.5, 0.6) is 5.75 Å². The van der Waals surface area contributed by atoms with Crippen LogP contribution in [-0.2, 0) is 19.4 Å². The van der Waals surface area contributed by atoms with Crippen molar-refractivity contribution in [1.29, 1.82) is 0 Å². The van der Waals surface area contributed by atoms with E-state index in [1.54, 1.807) is 7.11 Å². The van der Waals surface area contributed by atoms with Crippen LogP contribution in [0.15, 0.2) is 36.7 Å². The van der Waals surface area contributed by atoms with Crippen molar-refractivity contribution in [3.63, 3.8) is 0 Å². The van der Waals surface area contributed by atoms with E-state index in [0.717, 1.165) is 31.7 Å². The quantitative estimate of drug-likeness (QED) is 0.811. The molecular weight excluding hydrogens is 262 g/mol. The number of aryl methyl sites for hydroxylation is 1. The molecule has 1 heterocycles. The third-order valence-corrected chi connectivity index (χ3v) is 3.64. The standard InChI is InChI=1S/C17H25N3O/c1-4-18-16(10-14-12-19-20(5-2)13-14)11-15-8-6-7-9-17(15)21-3/h6-9,12-13,16,18H,4-5,10-11H2,1-3H3. The van der Waals surface area contributed by atoms with E-state index in [2.05, 4.69) is 42.6 Å². The molecule has 0 spiro atoms. The number of hydrogen-bond acceptors (Lipinski definition) is 3. The second kappa shape index (κ2) is 7.84. The molecule has 0 amide bonds. The number of nitrogens with zero attached hydrogens (tertiary/aromatic N) is 2. The molecule has 2 aromatic rings. The van der Waals surface area contributed by atoms with Crippen LogP contribution in [0.25, 0.3) is 0 Å². The minimum Gasteiger partial charge on any atom is -0.496 e. The van der Waals surface area contributed by atoms with Gasteiger partial charge in [-0.2, -0.15) is 5.10 Å². The minimum atomic E-state index is 0.390. The van der Waals surface area contributed by atoms with Crippen molar-refractivity contribution in [1.82, 2.24) is 15.1 Å². The maximum atomic E-state index is 5.45. The van der Waals surface area contributed by atoms with Crippen LogP contribution >= 0.6 is 0 Å². The molecular formula is C17H25N3O. The molecule has 4 heteroatoms. The number of benzene rings is 1. The van der Waals surface area contributed by atoms with E-state index in [4.69, 9.17) is 4.74 Å². The van der Waals surface area contributed by atoms with Gasteiger partial charge in [-0.05, 0) is 43.5 Å². The van der Waals surface area contributed by atoms with E-state index in [0.29, 0.717) is 6.04 Å². The molecule has 1 aromatic carbocycles. The first kappa shape index (κ1) is 15.6. The fourth-order valence-corrected chi connectivity index (χ4v) is 2.61. The summed E-state index contributed by atoms with van der Waals surface area (Å²) in [5.74, 6) is 0.963. The molecule has 1 atom stereocenters. The predicted molar refractivity (Wildman–Crippen MR) is 85.8 cm³/mol. The van der Waals surface area contributed by atoms with Gasteiger partial charge in [0, 0.05) is 18.8 Å². The van der Waals surface area contributed by atoms with Crippen molar-refractivity contribution in [2.75, 3.05) is 13.7 Å². The Kier molecular flexibility index (Phi) is 5.81. The summed E-state index contributed by atoms with van der Waals surface area (Å²) >= 11 is 0. The highest BCUT2D eigenvalue weighted by Crippen LogP contribution is 2.20. The summed E-state index contributed by atoms with van der Waals surface area (Å²) in [6.45, 7) is 6.12. The van der Waals surface area contributed by atoms with Gasteiger partial charge in [-0.15, -0.1) is 0 Å². The lowest BCUT2D eigenvalue weighted by molar-refractivity contribution is 0.404. The summed E-state index contributed by atoms with van der Waals surface area (Å²) in [7, 11) is 1.73. The molecule has 114 valence electrons. The van der Waals surface area contributed by atoms with Crippen molar-refractivity contribution in [2.24, 2.45) is 0 Å². The van der Waals surface area contributed by atoms with Crippen LogP contribution in [0.2, 0.25) is 0 Å². The van der Waals surface area contributed by atoms with Crippen molar-refractivity contribution in [2.45, 2.75) is 39.3 Å². The fraction of sp³-hybridized carbons (Fsp3) is 0.471. The van der Waals surface area contributed by atoms with Crippen LogP contribution in [0.3, 0.4) is 0 Å². The molecule has 0 bridgehead atoms. The highest BCUT2D eigenvalue weighted by atomic mass is 16.5. The zero-order valence-corrected chi connectivity index (χ0v) is 13.2. The van der Waals surface area contributed by atoms with E-state index in [-0.39, 0.29) is 0 Å². The van der Waals surface area contributed by atoms with Gasteiger partial charge < -0.3 is 10.1 Å². The number of aromatic nitrogens is 2. The van der Waals surface area contributed by atoms with Gasteiger partial charge in [0.2, 0.25) is 0 Å². The predicted octanol–water partition coefficient (Wildman–Crippen LogP) is 2.67. The largest absolute Gasteiger partial charge is 0.496 e. The molecule has 0 radical (unpaired) electrons. The SMILES string of the molecule is CCNC(Cc1cnn(CC)c1)Cc1ccccc1OC. The van der Waals surface area contributed by atoms with Gasteiger partial charge in [0.05, 0.1) is 13.3 Å². The number of hydrogen-bond donors (Lipinski definition) is 1. The molecule has 0 fully saturated rings. The normalized spacial score (nSPS) is 12.3. The van der Waals surface area contributed by atoms with Gasteiger partial charge in [-0.25, -0.2) is 0 Å². The van der Waals surface area contributed by atoms with Gasteiger partial charge in [0.15, 0.2) is 0 Å². The average Bonchev–Trinajstić information content (AvgIpc) is 2.95. The van der Waals surface area contributed by atoms with Crippen molar-refractivity contribution >= 4 is 0 Å². The highest BCUT2D eigenvalue weighted by molar-refractivity contribution is 5.34. The number of ether oxygens (including phenoxy) is 1. The molecule has 1 unspecified atom stereocenters. The Labute approximate surface area is 127 Å². The number of methoxy groups -OCH3 is 1. The van der Waals surface area contributed by atoms with Gasteiger partial charge in [0.25, 0.3) is 0 Å². The third-order valence-electron chi connectivity index (χ3n) is 3.64. The van der Waals surface area contributed by atoms with E-state index in [1.165, 1.54) is 11.1 Å². The van der Waals surface area contributed by atoms with Crippen molar-refractivity contribution in [3.8, 4) is 5.75 Å². The summed E-state index contributed by atoms with van der Waals surface area (Å²) in [4.78, 5) is 0. The van der Waals surface area contributed by atoms with Crippen LogP contribution in [-0.4, -0.2) is 29.5 Å². The van der Waals surface area contributed by atoms with Gasteiger partial charge in [-0.3, -0.25) is 4.68 Å². The molecule has 0 aliphatic carbocycles. The Morgan fingerprint density at radius 2 is 2.05 bits per heavy atom. The molecule has 0 saturated heterocycles. The second-order valence-electron chi connectivity index (χ2n) is 5.18. The molecule has 0 saturated carbocycles. The van der Waals surface area contributed by atoms with Crippen molar-refractivity contribution in [3.05, 3.63) is 47.8 Å².